The predicted molar refractivity (Wildman–Crippen MR) is 75.1 cm³/mol. The molecule has 0 spiro atoms. The van der Waals surface area contributed by atoms with E-state index in [4.69, 9.17) is 14.7 Å². The summed E-state index contributed by atoms with van der Waals surface area (Å²) in [4.78, 5) is 0. The molecule has 4 nitrogen and oxygen atoms in total. The number of nitrogens with zero attached hydrogens (tertiary/aromatic N) is 1. The molecule has 1 rings (SSSR count). The van der Waals surface area contributed by atoms with E-state index in [2.05, 4.69) is 18.3 Å². The second kappa shape index (κ2) is 8.52. The predicted octanol–water partition coefficient (Wildman–Crippen LogP) is 2.47. The van der Waals surface area contributed by atoms with Crippen molar-refractivity contribution in [3.63, 3.8) is 0 Å². The molecule has 1 N–H and O–H groups in total. The van der Waals surface area contributed by atoms with Gasteiger partial charge in [0.25, 0.3) is 0 Å². The van der Waals surface area contributed by atoms with Crippen molar-refractivity contribution >= 4 is 0 Å². The van der Waals surface area contributed by atoms with Crippen molar-refractivity contribution in [3.8, 4) is 11.8 Å². The van der Waals surface area contributed by atoms with E-state index in [1.807, 2.05) is 12.1 Å². The van der Waals surface area contributed by atoms with Crippen LogP contribution in [0.5, 0.6) is 5.75 Å². The molecule has 0 aliphatic carbocycles. The van der Waals surface area contributed by atoms with Gasteiger partial charge in [-0.2, -0.15) is 5.26 Å². The zero-order valence-electron chi connectivity index (χ0n) is 11.9. The molecule has 1 aromatic carbocycles. The second-order valence-electron chi connectivity index (χ2n) is 4.46. The highest BCUT2D eigenvalue weighted by Crippen LogP contribution is 2.19. The molecule has 1 aromatic rings. The fourth-order valence-electron chi connectivity index (χ4n) is 2.03. The number of benzene rings is 1. The van der Waals surface area contributed by atoms with E-state index in [1.165, 1.54) is 0 Å². The topological polar surface area (TPSA) is 54.3 Å². The third kappa shape index (κ3) is 4.90. The highest BCUT2D eigenvalue weighted by atomic mass is 16.5. The molecule has 0 saturated heterocycles. The van der Waals surface area contributed by atoms with Gasteiger partial charge in [0.1, 0.15) is 5.75 Å². The fraction of sp³-hybridized carbons (Fsp3) is 0.533. The first-order chi connectivity index (χ1) is 9.24. The molecule has 19 heavy (non-hydrogen) atoms. The van der Waals surface area contributed by atoms with E-state index >= 15 is 0 Å². The number of nitriles is 1. The summed E-state index contributed by atoms with van der Waals surface area (Å²) in [5.41, 5.74) is 1.65. The van der Waals surface area contributed by atoms with Gasteiger partial charge in [-0.3, -0.25) is 0 Å². The lowest BCUT2D eigenvalue weighted by Crippen LogP contribution is -2.32. The molecule has 0 heterocycles. The van der Waals surface area contributed by atoms with Gasteiger partial charge in [0.15, 0.2) is 0 Å². The van der Waals surface area contributed by atoms with E-state index in [1.54, 1.807) is 20.3 Å². The quantitative estimate of drug-likeness (QED) is 0.782. The highest BCUT2D eigenvalue weighted by Gasteiger charge is 2.09. The van der Waals surface area contributed by atoms with Gasteiger partial charge in [0.05, 0.1) is 25.3 Å². The lowest BCUT2D eigenvalue weighted by Gasteiger charge is -2.18. The Kier molecular flexibility index (Phi) is 6.94. The van der Waals surface area contributed by atoms with Crippen LogP contribution in [0.4, 0.5) is 0 Å². The smallest absolute Gasteiger partial charge is 0.123 e. The molecule has 0 aliphatic rings. The third-order valence-electron chi connectivity index (χ3n) is 3.00. The summed E-state index contributed by atoms with van der Waals surface area (Å²) in [6, 6.07) is 7.93. The zero-order valence-corrected chi connectivity index (χ0v) is 11.9. The van der Waals surface area contributed by atoms with Crippen LogP contribution >= 0.6 is 0 Å². The van der Waals surface area contributed by atoms with Gasteiger partial charge in [-0.1, -0.05) is 13.3 Å². The normalized spacial score (nSPS) is 11.9. The van der Waals surface area contributed by atoms with Crippen molar-refractivity contribution in [1.82, 2.24) is 5.32 Å². The second-order valence-corrected chi connectivity index (χ2v) is 4.46. The Bertz CT molecular complexity index is 421. The summed E-state index contributed by atoms with van der Waals surface area (Å²) < 4.78 is 10.5. The minimum Gasteiger partial charge on any atom is -0.496 e. The molecular formula is C15H22N2O2. The lowest BCUT2D eigenvalue weighted by atomic mass is 10.1. The molecule has 1 atom stereocenters. The average molecular weight is 262 g/mol. The molecule has 0 radical (unpaired) electrons. The average Bonchev–Trinajstić information content (AvgIpc) is 2.44. The number of methoxy groups -OCH3 is 2. The number of rotatable bonds is 8. The SMILES string of the molecule is CCCC(COC)NCc1cc(C#N)ccc1OC. The van der Waals surface area contributed by atoms with Crippen molar-refractivity contribution in [3.05, 3.63) is 29.3 Å². The van der Waals surface area contributed by atoms with Crippen LogP contribution in [0.2, 0.25) is 0 Å². The highest BCUT2D eigenvalue weighted by molar-refractivity contribution is 5.42. The van der Waals surface area contributed by atoms with Crippen LogP contribution in [-0.4, -0.2) is 26.9 Å². The zero-order chi connectivity index (χ0) is 14.1. The number of nitrogens with one attached hydrogen (secondary N) is 1. The van der Waals surface area contributed by atoms with Crippen LogP contribution in [0.3, 0.4) is 0 Å². The molecule has 0 aliphatic heterocycles. The van der Waals surface area contributed by atoms with Crippen molar-refractivity contribution in [2.45, 2.75) is 32.4 Å². The van der Waals surface area contributed by atoms with Gasteiger partial charge in [0.2, 0.25) is 0 Å². The molecule has 1 unspecified atom stereocenters. The first-order valence-electron chi connectivity index (χ1n) is 6.54. The van der Waals surface area contributed by atoms with Crippen LogP contribution in [0, 0.1) is 11.3 Å². The van der Waals surface area contributed by atoms with Crippen molar-refractivity contribution in [2.75, 3.05) is 20.8 Å². The molecule has 0 fully saturated rings. The number of hydrogen-bond acceptors (Lipinski definition) is 4. The maximum absolute atomic E-state index is 8.94. The molecular weight excluding hydrogens is 240 g/mol. The van der Waals surface area contributed by atoms with Gasteiger partial charge in [0, 0.05) is 25.3 Å². The minimum atomic E-state index is 0.324. The first kappa shape index (κ1) is 15.5. The van der Waals surface area contributed by atoms with Crippen LogP contribution < -0.4 is 10.1 Å². The Hall–Kier alpha value is -1.57. The number of hydrogen-bond donors (Lipinski definition) is 1. The molecule has 104 valence electrons. The van der Waals surface area contributed by atoms with Crippen molar-refractivity contribution < 1.29 is 9.47 Å². The van der Waals surface area contributed by atoms with Crippen LogP contribution in [-0.2, 0) is 11.3 Å². The van der Waals surface area contributed by atoms with E-state index in [0.29, 0.717) is 24.8 Å². The standard InChI is InChI=1S/C15H22N2O2/c1-4-5-14(11-18-2)17-10-13-8-12(9-16)6-7-15(13)19-3/h6-8,14,17H,4-5,10-11H2,1-3H3. The summed E-state index contributed by atoms with van der Waals surface area (Å²) in [5.74, 6) is 0.805. The first-order valence-corrected chi connectivity index (χ1v) is 6.54. The molecule has 4 heteroatoms. The Morgan fingerprint density at radius 3 is 2.74 bits per heavy atom. The maximum Gasteiger partial charge on any atom is 0.123 e. The minimum absolute atomic E-state index is 0.324. The van der Waals surface area contributed by atoms with Gasteiger partial charge >= 0.3 is 0 Å². The Morgan fingerprint density at radius 2 is 2.16 bits per heavy atom. The molecule has 0 saturated carbocycles. The van der Waals surface area contributed by atoms with Gasteiger partial charge in [-0.15, -0.1) is 0 Å². The van der Waals surface area contributed by atoms with Gasteiger partial charge < -0.3 is 14.8 Å². The van der Waals surface area contributed by atoms with E-state index < -0.39 is 0 Å². The molecule has 0 bridgehead atoms. The summed E-state index contributed by atoms with van der Waals surface area (Å²) in [6.07, 6.45) is 2.17. The Labute approximate surface area is 115 Å². The van der Waals surface area contributed by atoms with Gasteiger partial charge in [-0.05, 0) is 24.6 Å². The fourth-order valence-corrected chi connectivity index (χ4v) is 2.03. The van der Waals surface area contributed by atoms with Crippen molar-refractivity contribution in [1.29, 1.82) is 5.26 Å². The van der Waals surface area contributed by atoms with Crippen molar-refractivity contribution in [2.24, 2.45) is 0 Å². The van der Waals surface area contributed by atoms with E-state index in [-0.39, 0.29) is 0 Å². The Balaban J connectivity index is 2.71. The lowest BCUT2D eigenvalue weighted by molar-refractivity contribution is 0.161. The molecule has 0 aromatic heterocycles. The van der Waals surface area contributed by atoms with Crippen LogP contribution in [0.15, 0.2) is 18.2 Å². The van der Waals surface area contributed by atoms with Crippen LogP contribution in [0.25, 0.3) is 0 Å². The summed E-state index contributed by atoms with van der Waals surface area (Å²) in [7, 11) is 3.35. The molecule has 0 amide bonds. The third-order valence-corrected chi connectivity index (χ3v) is 3.00. The monoisotopic (exact) mass is 262 g/mol. The summed E-state index contributed by atoms with van der Waals surface area (Å²) >= 11 is 0. The summed E-state index contributed by atoms with van der Waals surface area (Å²) in [5, 5.41) is 12.4. The Morgan fingerprint density at radius 1 is 1.37 bits per heavy atom. The summed E-state index contributed by atoms with van der Waals surface area (Å²) in [6.45, 7) is 3.52. The van der Waals surface area contributed by atoms with E-state index in [0.717, 1.165) is 24.2 Å². The largest absolute Gasteiger partial charge is 0.496 e. The number of ether oxygens (including phenoxy) is 2. The van der Waals surface area contributed by atoms with Crippen LogP contribution in [0.1, 0.15) is 30.9 Å². The van der Waals surface area contributed by atoms with E-state index in [9.17, 15) is 0 Å². The maximum atomic E-state index is 8.94. The van der Waals surface area contributed by atoms with Gasteiger partial charge in [-0.25, -0.2) is 0 Å².